The molecule has 0 radical (unpaired) electrons. The molecule has 0 atom stereocenters. The average Bonchev–Trinajstić information content (AvgIpc) is 3.15. The van der Waals surface area contributed by atoms with Gasteiger partial charge in [0.1, 0.15) is 23.3 Å². The van der Waals surface area contributed by atoms with Crippen LogP contribution >= 0.6 is 0 Å². The predicted octanol–water partition coefficient (Wildman–Crippen LogP) is 6.77. The smallest absolute Gasteiger partial charge is 0.128 e. The molecule has 0 saturated heterocycles. The topological polar surface area (TPSA) is 17.8 Å². The van der Waals surface area contributed by atoms with Gasteiger partial charge in [-0.2, -0.15) is 5.10 Å². The van der Waals surface area contributed by atoms with Gasteiger partial charge in [-0.1, -0.05) is 36.4 Å². The molecular weight excluding hydrogens is 404 g/mol. The molecule has 6 heteroatoms. The number of rotatable bonds is 5. The molecule has 1 heterocycles. The maximum absolute atomic E-state index is 13.8. The van der Waals surface area contributed by atoms with Crippen molar-refractivity contribution < 1.29 is 17.6 Å². The van der Waals surface area contributed by atoms with Crippen LogP contribution in [0.2, 0.25) is 0 Å². The van der Waals surface area contributed by atoms with Crippen LogP contribution in [-0.2, 0) is 0 Å². The fourth-order valence-corrected chi connectivity index (χ4v) is 2.99. The summed E-state index contributed by atoms with van der Waals surface area (Å²) in [5.41, 5.74) is 2.85. The van der Waals surface area contributed by atoms with Crippen LogP contribution in [-0.4, -0.2) is 9.78 Å². The number of hydrogen-bond acceptors (Lipinski definition) is 1. The molecule has 0 aliphatic carbocycles. The van der Waals surface area contributed by atoms with Crippen LogP contribution in [0, 0.1) is 23.3 Å². The van der Waals surface area contributed by atoms with E-state index >= 15 is 0 Å². The van der Waals surface area contributed by atoms with Gasteiger partial charge in [0.25, 0.3) is 0 Å². The largest absolute Gasteiger partial charge is 0.233 e. The number of aromatic nitrogens is 2. The molecule has 0 amide bonds. The summed E-state index contributed by atoms with van der Waals surface area (Å²) >= 11 is 0. The van der Waals surface area contributed by atoms with Crippen molar-refractivity contribution in [2.75, 3.05) is 0 Å². The van der Waals surface area contributed by atoms with Gasteiger partial charge in [-0.05, 0) is 65.7 Å². The van der Waals surface area contributed by atoms with Crippen molar-refractivity contribution in [1.82, 2.24) is 9.78 Å². The van der Waals surface area contributed by atoms with Gasteiger partial charge in [0.15, 0.2) is 0 Å². The fourth-order valence-electron chi connectivity index (χ4n) is 2.99. The molecule has 4 rings (SSSR count). The van der Waals surface area contributed by atoms with Crippen LogP contribution in [0.4, 0.5) is 17.6 Å². The van der Waals surface area contributed by atoms with Gasteiger partial charge in [-0.25, -0.2) is 22.2 Å². The summed E-state index contributed by atoms with van der Waals surface area (Å²) in [5.74, 6) is -2.11. The van der Waals surface area contributed by atoms with E-state index in [0.717, 1.165) is 17.2 Å². The molecule has 3 aromatic carbocycles. The van der Waals surface area contributed by atoms with E-state index in [0.29, 0.717) is 11.4 Å². The second-order valence-corrected chi connectivity index (χ2v) is 6.80. The Balaban J connectivity index is 1.72. The maximum atomic E-state index is 13.8. The Kier molecular flexibility index (Phi) is 5.80. The normalized spacial score (nSPS) is 11.6. The zero-order valence-corrected chi connectivity index (χ0v) is 16.1. The molecule has 0 fully saturated rings. The lowest BCUT2D eigenvalue weighted by Crippen LogP contribution is -2.00. The highest BCUT2D eigenvalue weighted by Crippen LogP contribution is 2.20. The minimum Gasteiger partial charge on any atom is -0.233 e. The van der Waals surface area contributed by atoms with E-state index in [2.05, 4.69) is 5.10 Å². The molecule has 154 valence electrons. The van der Waals surface area contributed by atoms with E-state index in [1.54, 1.807) is 54.6 Å². The molecule has 0 bridgehead atoms. The number of halogens is 4. The van der Waals surface area contributed by atoms with Crippen LogP contribution < -0.4 is 0 Å². The first-order chi connectivity index (χ1) is 15.0. The molecule has 1 aromatic heterocycles. The van der Waals surface area contributed by atoms with Gasteiger partial charge in [0, 0.05) is 6.07 Å². The molecule has 2 nitrogen and oxygen atoms in total. The highest BCUT2D eigenvalue weighted by atomic mass is 19.1. The number of hydrogen-bond donors (Lipinski definition) is 0. The lowest BCUT2D eigenvalue weighted by molar-refractivity contribution is 0.580. The van der Waals surface area contributed by atoms with E-state index in [1.165, 1.54) is 41.1 Å². The molecule has 4 aromatic rings. The average molecular weight is 420 g/mol. The first-order valence-electron chi connectivity index (χ1n) is 9.40. The number of benzene rings is 3. The highest BCUT2D eigenvalue weighted by molar-refractivity contribution is 5.73. The summed E-state index contributed by atoms with van der Waals surface area (Å²) in [4.78, 5) is 0. The zero-order valence-electron chi connectivity index (χ0n) is 16.1. The lowest BCUT2D eigenvalue weighted by Gasteiger charge is -2.05. The van der Waals surface area contributed by atoms with Crippen molar-refractivity contribution in [1.29, 1.82) is 0 Å². The second-order valence-electron chi connectivity index (χ2n) is 6.80. The molecule has 0 unspecified atom stereocenters. The molecule has 31 heavy (non-hydrogen) atoms. The lowest BCUT2D eigenvalue weighted by atomic mass is 10.2. The van der Waals surface area contributed by atoms with Crippen molar-refractivity contribution in [3.63, 3.8) is 0 Å². The standard InChI is InChI=1S/C25H16F4N2/c26-19-7-1-17(2-8-19)5-11-23-16-24(12-6-18-3-9-20(27)10-4-18)31(30-23)25-14-21(28)13-22(29)15-25/h1-16H/b11-5+,12-6+. The first kappa shape index (κ1) is 20.3. The van der Waals surface area contributed by atoms with Crippen molar-refractivity contribution in [3.8, 4) is 5.69 Å². The fraction of sp³-hybridized carbons (Fsp3) is 0. The summed E-state index contributed by atoms with van der Waals surface area (Å²) in [6.07, 6.45) is 6.94. The van der Waals surface area contributed by atoms with Crippen LogP contribution in [0.5, 0.6) is 0 Å². The highest BCUT2D eigenvalue weighted by Gasteiger charge is 2.09. The summed E-state index contributed by atoms with van der Waals surface area (Å²) in [5, 5.41) is 4.43. The third-order valence-corrected chi connectivity index (χ3v) is 4.48. The van der Waals surface area contributed by atoms with Crippen molar-refractivity contribution in [2.24, 2.45) is 0 Å². The second kappa shape index (κ2) is 8.83. The van der Waals surface area contributed by atoms with Crippen molar-refractivity contribution >= 4 is 24.3 Å². The van der Waals surface area contributed by atoms with Gasteiger partial charge in [-0.15, -0.1) is 0 Å². The summed E-state index contributed by atoms with van der Waals surface area (Å²) in [6.45, 7) is 0. The van der Waals surface area contributed by atoms with Crippen LogP contribution in [0.15, 0.2) is 72.8 Å². The van der Waals surface area contributed by atoms with E-state index in [9.17, 15) is 17.6 Å². The Morgan fingerprint density at radius 2 is 1.06 bits per heavy atom. The Hall–Kier alpha value is -3.93. The van der Waals surface area contributed by atoms with Crippen molar-refractivity contribution in [2.45, 2.75) is 0 Å². The first-order valence-corrected chi connectivity index (χ1v) is 9.40. The Bertz CT molecular complexity index is 1230. The Morgan fingerprint density at radius 3 is 1.61 bits per heavy atom. The summed E-state index contributed by atoms with van der Waals surface area (Å²) < 4.78 is 55.1. The SMILES string of the molecule is Fc1ccc(/C=C/c2cc(/C=C/c3ccc(F)cc3)n(-c3cc(F)cc(F)c3)n2)cc1. The third-order valence-electron chi connectivity index (χ3n) is 4.48. The Labute approximate surface area is 176 Å². The van der Waals surface area contributed by atoms with Crippen LogP contribution in [0.3, 0.4) is 0 Å². The van der Waals surface area contributed by atoms with Crippen LogP contribution in [0.25, 0.3) is 30.0 Å². The van der Waals surface area contributed by atoms with Gasteiger partial charge in [-0.3, -0.25) is 0 Å². The quantitative estimate of drug-likeness (QED) is 0.326. The molecule has 0 aliphatic heterocycles. The van der Waals surface area contributed by atoms with E-state index in [1.807, 2.05) is 0 Å². The monoisotopic (exact) mass is 420 g/mol. The van der Waals surface area contributed by atoms with Gasteiger partial charge in [0.05, 0.1) is 17.1 Å². The van der Waals surface area contributed by atoms with Crippen molar-refractivity contribution in [3.05, 3.63) is 119 Å². The zero-order chi connectivity index (χ0) is 21.8. The summed E-state index contributed by atoms with van der Waals surface area (Å²) in [6, 6.07) is 16.8. The summed E-state index contributed by atoms with van der Waals surface area (Å²) in [7, 11) is 0. The van der Waals surface area contributed by atoms with E-state index in [4.69, 9.17) is 0 Å². The van der Waals surface area contributed by atoms with Gasteiger partial charge >= 0.3 is 0 Å². The minimum atomic E-state index is -0.720. The Morgan fingerprint density at radius 1 is 0.548 bits per heavy atom. The van der Waals surface area contributed by atoms with Crippen LogP contribution in [0.1, 0.15) is 22.5 Å². The number of nitrogens with zero attached hydrogens (tertiary/aromatic N) is 2. The predicted molar refractivity (Wildman–Crippen MR) is 114 cm³/mol. The van der Waals surface area contributed by atoms with E-state index in [-0.39, 0.29) is 17.3 Å². The molecule has 0 saturated carbocycles. The minimum absolute atomic E-state index is 0.220. The van der Waals surface area contributed by atoms with Gasteiger partial charge in [0.2, 0.25) is 0 Å². The molecule has 0 aliphatic rings. The van der Waals surface area contributed by atoms with E-state index < -0.39 is 11.6 Å². The molecule has 0 N–H and O–H groups in total. The van der Waals surface area contributed by atoms with Gasteiger partial charge < -0.3 is 0 Å². The molecule has 0 spiro atoms. The maximum Gasteiger partial charge on any atom is 0.128 e. The third kappa shape index (κ3) is 5.17. The molecular formula is C25H16F4N2.